The van der Waals surface area contributed by atoms with Crippen LogP contribution in [0, 0.1) is 0 Å². The van der Waals surface area contributed by atoms with Crippen LogP contribution in [0.2, 0.25) is 0 Å². The monoisotopic (exact) mass is 343 g/mol. The molecular formula is C14H22BrN3O2. The number of hydrogen-bond acceptors (Lipinski definition) is 4. The predicted octanol–water partition coefficient (Wildman–Crippen LogP) is 2.33. The van der Waals surface area contributed by atoms with Crippen molar-refractivity contribution in [3.8, 4) is 0 Å². The number of nitrogens with zero attached hydrogens (tertiary/aromatic N) is 1. The average Bonchev–Trinajstić information content (AvgIpc) is 2.32. The van der Waals surface area contributed by atoms with Gasteiger partial charge in [-0.05, 0) is 55.0 Å². The summed E-state index contributed by atoms with van der Waals surface area (Å²) in [5.74, 6) is -0.0671. The SMILES string of the molecule is CC(C)OCCN(C)CC(=O)Nc1ccc(N)cc1Br. The Labute approximate surface area is 128 Å². The maximum absolute atomic E-state index is 11.9. The predicted molar refractivity (Wildman–Crippen MR) is 85.8 cm³/mol. The van der Waals surface area contributed by atoms with Gasteiger partial charge in [-0.2, -0.15) is 0 Å². The molecule has 0 aromatic heterocycles. The molecule has 0 atom stereocenters. The van der Waals surface area contributed by atoms with Gasteiger partial charge in [-0.15, -0.1) is 0 Å². The quantitative estimate of drug-likeness (QED) is 0.745. The second kappa shape index (κ2) is 8.24. The van der Waals surface area contributed by atoms with Crippen LogP contribution in [0.1, 0.15) is 13.8 Å². The number of carbonyl (C=O) groups is 1. The Morgan fingerprint density at radius 1 is 1.50 bits per heavy atom. The largest absolute Gasteiger partial charge is 0.399 e. The van der Waals surface area contributed by atoms with E-state index in [-0.39, 0.29) is 12.0 Å². The van der Waals surface area contributed by atoms with E-state index in [0.29, 0.717) is 25.4 Å². The Bertz CT molecular complexity index is 452. The van der Waals surface area contributed by atoms with Crippen LogP contribution in [0.25, 0.3) is 0 Å². The molecule has 0 radical (unpaired) electrons. The third-order valence-corrected chi connectivity index (χ3v) is 3.26. The molecule has 0 saturated heterocycles. The first-order valence-electron chi connectivity index (χ1n) is 6.53. The summed E-state index contributed by atoms with van der Waals surface area (Å²) in [5, 5.41) is 2.84. The lowest BCUT2D eigenvalue weighted by Gasteiger charge is -2.17. The molecule has 20 heavy (non-hydrogen) atoms. The van der Waals surface area contributed by atoms with Crippen LogP contribution in [0.3, 0.4) is 0 Å². The molecule has 0 aliphatic rings. The van der Waals surface area contributed by atoms with Gasteiger partial charge >= 0.3 is 0 Å². The van der Waals surface area contributed by atoms with Crippen LogP contribution in [0.15, 0.2) is 22.7 Å². The minimum Gasteiger partial charge on any atom is -0.399 e. The van der Waals surface area contributed by atoms with Gasteiger partial charge in [-0.25, -0.2) is 0 Å². The van der Waals surface area contributed by atoms with Gasteiger partial charge in [0.15, 0.2) is 0 Å². The van der Waals surface area contributed by atoms with Gasteiger partial charge in [0.2, 0.25) is 5.91 Å². The Balaban J connectivity index is 2.39. The van der Waals surface area contributed by atoms with Gasteiger partial charge < -0.3 is 15.8 Å². The number of amides is 1. The number of anilines is 2. The number of nitrogen functional groups attached to an aromatic ring is 1. The Kier molecular flexibility index (Phi) is 6.98. The van der Waals surface area contributed by atoms with Crippen molar-refractivity contribution in [3.05, 3.63) is 22.7 Å². The third-order valence-electron chi connectivity index (χ3n) is 2.60. The topological polar surface area (TPSA) is 67.6 Å². The van der Waals surface area contributed by atoms with Gasteiger partial charge in [-0.1, -0.05) is 0 Å². The number of halogens is 1. The normalized spacial score (nSPS) is 11.1. The van der Waals surface area contributed by atoms with Crippen LogP contribution >= 0.6 is 15.9 Å². The lowest BCUT2D eigenvalue weighted by molar-refractivity contribution is -0.117. The first kappa shape index (κ1) is 16.9. The van der Waals surface area contributed by atoms with Crippen molar-refractivity contribution >= 4 is 33.2 Å². The molecule has 1 rings (SSSR count). The fraction of sp³-hybridized carbons (Fsp3) is 0.500. The van der Waals surface area contributed by atoms with Crippen molar-refractivity contribution in [1.29, 1.82) is 0 Å². The van der Waals surface area contributed by atoms with Gasteiger partial charge in [0.1, 0.15) is 0 Å². The van der Waals surface area contributed by atoms with Crippen molar-refractivity contribution in [2.45, 2.75) is 20.0 Å². The summed E-state index contributed by atoms with van der Waals surface area (Å²) in [7, 11) is 1.89. The van der Waals surface area contributed by atoms with Crippen molar-refractivity contribution in [2.75, 3.05) is 37.8 Å². The number of benzene rings is 1. The molecule has 1 aromatic carbocycles. The zero-order valence-electron chi connectivity index (χ0n) is 12.1. The molecule has 0 aliphatic carbocycles. The lowest BCUT2D eigenvalue weighted by Crippen LogP contribution is -2.33. The second-order valence-electron chi connectivity index (χ2n) is 4.94. The number of nitrogens with two attached hydrogens (primary N) is 1. The van der Waals surface area contributed by atoms with E-state index in [1.165, 1.54) is 0 Å². The smallest absolute Gasteiger partial charge is 0.238 e. The summed E-state index contributed by atoms with van der Waals surface area (Å²) >= 11 is 3.37. The van der Waals surface area contributed by atoms with E-state index >= 15 is 0 Å². The summed E-state index contributed by atoms with van der Waals surface area (Å²) in [5.41, 5.74) is 7.02. The summed E-state index contributed by atoms with van der Waals surface area (Å²) in [4.78, 5) is 13.8. The van der Waals surface area contributed by atoms with E-state index < -0.39 is 0 Å². The maximum Gasteiger partial charge on any atom is 0.238 e. The number of hydrogen-bond donors (Lipinski definition) is 2. The molecule has 0 heterocycles. The molecule has 0 saturated carbocycles. The molecule has 1 amide bonds. The molecule has 6 heteroatoms. The number of carbonyl (C=O) groups excluding carboxylic acids is 1. The fourth-order valence-electron chi connectivity index (χ4n) is 1.59. The van der Waals surface area contributed by atoms with E-state index in [4.69, 9.17) is 10.5 Å². The summed E-state index contributed by atoms with van der Waals surface area (Å²) in [6.07, 6.45) is 0.211. The first-order chi connectivity index (χ1) is 9.38. The van der Waals surface area contributed by atoms with E-state index in [1.807, 2.05) is 25.8 Å². The average molecular weight is 344 g/mol. The van der Waals surface area contributed by atoms with E-state index in [1.54, 1.807) is 18.2 Å². The molecule has 3 N–H and O–H groups in total. The molecular weight excluding hydrogens is 322 g/mol. The van der Waals surface area contributed by atoms with E-state index in [0.717, 1.165) is 10.2 Å². The van der Waals surface area contributed by atoms with Gasteiger partial charge in [0.25, 0.3) is 0 Å². The van der Waals surface area contributed by atoms with Crippen LogP contribution in [-0.2, 0) is 9.53 Å². The summed E-state index contributed by atoms with van der Waals surface area (Å²) in [6.45, 7) is 5.64. The highest BCUT2D eigenvalue weighted by molar-refractivity contribution is 9.10. The standard InChI is InChI=1S/C14H22BrN3O2/c1-10(2)20-7-6-18(3)9-14(19)17-13-5-4-11(16)8-12(13)15/h4-5,8,10H,6-7,9,16H2,1-3H3,(H,17,19). The second-order valence-corrected chi connectivity index (χ2v) is 5.80. The molecule has 0 fully saturated rings. The van der Waals surface area contributed by atoms with Crippen LogP contribution < -0.4 is 11.1 Å². The summed E-state index contributed by atoms with van der Waals surface area (Å²) < 4.78 is 6.22. The van der Waals surface area contributed by atoms with Crippen LogP contribution in [-0.4, -0.2) is 43.7 Å². The highest BCUT2D eigenvalue weighted by Gasteiger charge is 2.09. The highest BCUT2D eigenvalue weighted by Crippen LogP contribution is 2.24. The van der Waals surface area contributed by atoms with Gasteiger partial charge in [0.05, 0.1) is 24.9 Å². The van der Waals surface area contributed by atoms with Crippen LogP contribution in [0.4, 0.5) is 11.4 Å². The lowest BCUT2D eigenvalue weighted by atomic mass is 10.3. The first-order valence-corrected chi connectivity index (χ1v) is 7.33. The highest BCUT2D eigenvalue weighted by atomic mass is 79.9. The minimum absolute atomic E-state index is 0.0671. The zero-order chi connectivity index (χ0) is 15.1. The molecule has 5 nitrogen and oxygen atoms in total. The molecule has 0 aliphatic heterocycles. The molecule has 112 valence electrons. The maximum atomic E-state index is 11.9. The zero-order valence-corrected chi connectivity index (χ0v) is 13.7. The van der Waals surface area contributed by atoms with Gasteiger partial charge in [-0.3, -0.25) is 9.69 Å². The molecule has 0 unspecified atom stereocenters. The molecule has 0 bridgehead atoms. The number of rotatable bonds is 7. The van der Waals surface area contributed by atoms with Crippen molar-refractivity contribution in [1.82, 2.24) is 4.90 Å². The Morgan fingerprint density at radius 2 is 2.20 bits per heavy atom. The Morgan fingerprint density at radius 3 is 2.80 bits per heavy atom. The van der Waals surface area contributed by atoms with Crippen molar-refractivity contribution < 1.29 is 9.53 Å². The van der Waals surface area contributed by atoms with Crippen molar-refractivity contribution in [2.24, 2.45) is 0 Å². The minimum atomic E-state index is -0.0671. The molecule has 0 spiro atoms. The summed E-state index contributed by atoms with van der Waals surface area (Å²) in [6, 6.07) is 5.29. The number of ether oxygens (including phenoxy) is 1. The van der Waals surface area contributed by atoms with Crippen LogP contribution in [0.5, 0.6) is 0 Å². The Hall–Kier alpha value is -1.11. The van der Waals surface area contributed by atoms with E-state index in [2.05, 4.69) is 21.2 Å². The number of likely N-dealkylation sites (N-methyl/N-ethyl adjacent to an activating group) is 1. The van der Waals surface area contributed by atoms with Gasteiger partial charge in [0, 0.05) is 16.7 Å². The fourth-order valence-corrected chi connectivity index (χ4v) is 2.09. The van der Waals surface area contributed by atoms with Crippen molar-refractivity contribution in [3.63, 3.8) is 0 Å². The number of nitrogens with one attached hydrogen (secondary N) is 1. The van der Waals surface area contributed by atoms with E-state index in [9.17, 15) is 4.79 Å². The third kappa shape index (κ3) is 6.36. The molecule has 1 aromatic rings.